The SMILES string of the molecule is O=C(NC[C@H](O)CN1CCc2ccccc2C1)c1cc(NC2CCN(C(=O)/C(=N\O)C3CC3)C2)ncn1. The first-order chi connectivity index (χ1) is 18.0. The number of carbonyl (C=O) groups excluding carboxylic acids is 2. The van der Waals surface area contributed by atoms with Gasteiger partial charge in [0.2, 0.25) is 0 Å². The van der Waals surface area contributed by atoms with E-state index in [0.29, 0.717) is 31.9 Å². The Labute approximate surface area is 215 Å². The van der Waals surface area contributed by atoms with Crippen molar-refractivity contribution < 1.29 is 19.9 Å². The second kappa shape index (κ2) is 11.2. The zero-order valence-corrected chi connectivity index (χ0v) is 20.7. The van der Waals surface area contributed by atoms with Gasteiger partial charge in [-0.2, -0.15) is 0 Å². The molecule has 4 N–H and O–H groups in total. The number of rotatable bonds is 9. The lowest BCUT2D eigenvalue weighted by atomic mass is 10.00. The Morgan fingerprint density at radius 3 is 2.73 bits per heavy atom. The highest BCUT2D eigenvalue weighted by Crippen LogP contribution is 2.32. The molecule has 1 saturated heterocycles. The molecule has 3 heterocycles. The maximum atomic E-state index is 12.7. The van der Waals surface area contributed by atoms with Gasteiger partial charge in [-0.05, 0) is 36.8 Å². The minimum atomic E-state index is -0.696. The Kier molecular flexibility index (Phi) is 7.61. The Morgan fingerprint density at radius 2 is 1.95 bits per heavy atom. The molecular formula is C26H33N7O4. The number of hydrogen-bond donors (Lipinski definition) is 4. The molecule has 1 aromatic heterocycles. The van der Waals surface area contributed by atoms with Gasteiger partial charge in [-0.3, -0.25) is 14.5 Å². The van der Waals surface area contributed by atoms with Gasteiger partial charge in [0.1, 0.15) is 23.6 Å². The lowest BCUT2D eigenvalue weighted by Gasteiger charge is -2.30. The van der Waals surface area contributed by atoms with Crippen LogP contribution in [0.25, 0.3) is 0 Å². The van der Waals surface area contributed by atoms with Crippen LogP contribution in [0.4, 0.5) is 5.82 Å². The third-order valence-corrected chi connectivity index (χ3v) is 7.19. The number of likely N-dealkylation sites (tertiary alicyclic amines) is 1. The molecule has 11 nitrogen and oxygen atoms in total. The van der Waals surface area contributed by atoms with E-state index in [4.69, 9.17) is 0 Å². The standard InChI is InChI=1S/C26H33N7O4/c34-21(15-32-9-7-17-3-1-2-4-19(17)13-32)12-27-25(35)22-11-23(29-16-28-22)30-20-8-10-33(14-20)26(36)24(31-37)18-5-6-18/h1-4,11,16,18,20-21,34,37H,5-10,12-15H2,(H,27,35)(H,28,29,30)/b31-24-/t20?,21-/m0/s1. The molecule has 2 aromatic rings. The van der Waals surface area contributed by atoms with Crippen molar-refractivity contribution in [3.05, 3.63) is 53.5 Å². The molecule has 1 unspecified atom stereocenters. The summed E-state index contributed by atoms with van der Waals surface area (Å²) >= 11 is 0. The summed E-state index contributed by atoms with van der Waals surface area (Å²) in [7, 11) is 0. The normalized spacial score (nSPS) is 20.8. The minimum absolute atomic E-state index is 0.0367. The van der Waals surface area contributed by atoms with Gasteiger partial charge in [-0.25, -0.2) is 9.97 Å². The van der Waals surface area contributed by atoms with Gasteiger partial charge >= 0.3 is 0 Å². The van der Waals surface area contributed by atoms with Crippen molar-refractivity contribution in [1.29, 1.82) is 0 Å². The fraction of sp³-hybridized carbons (Fsp3) is 0.500. The van der Waals surface area contributed by atoms with Crippen molar-refractivity contribution in [1.82, 2.24) is 25.1 Å². The summed E-state index contributed by atoms with van der Waals surface area (Å²) in [6.07, 6.45) is 4.06. The number of anilines is 1. The van der Waals surface area contributed by atoms with Crippen molar-refractivity contribution in [3.63, 3.8) is 0 Å². The summed E-state index contributed by atoms with van der Waals surface area (Å²) < 4.78 is 0. The van der Waals surface area contributed by atoms with Gasteiger partial charge in [0.05, 0.1) is 6.10 Å². The van der Waals surface area contributed by atoms with Crippen LogP contribution in [0.15, 0.2) is 41.8 Å². The van der Waals surface area contributed by atoms with Crippen LogP contribution in [0.5, 0.6) is 0 Å². The van der Waals surface area contributed by atoms with E-state index in [9.17, 15) is 19.9 Å². The van der Waals surface area contributed by atoms with Crippen LogP contribution >= 0.6 is 0 Å². The molecule has 3 aliphatic rings. The van der Waals surface area contributed by atoms with Gasteiger partial charge in [0.25, 0.3) is 11.8 Å². The molecular weight excluding hydrogens is 474 g/mol. The topological polar surface area (TPSA) is 143 Å². The maximum absolute atomic E-state index is 12.7. The second-order valence-electron chi connectivity index (χ2n) is 10.0. The Hall–Kier alpha value is -3.57. The van der Waals surface area contributed by atoms with E-state index in [1.165, 1.54) is 17.5 Å². The molecule has 1 saturated carbocycles. The van der Waals surface area contributed by atoms with Gasteiger partial charge < -0.3 is 25.8 Å². The Morgan fingerprint density at radius 1 is 1.14 bits per heavy atom. The van der Waals surface area contributed by atoms with Gasteiger partial charge in [-0.1, -0.05) is 29.4 Å². The van der Waals surface area contributed by atoms with Crippen molar-refractivity contribution in [2.24, 2.45) is 11.1 Å². The van der Waals surface area contributed by atoms with Crippen LogP contribution in [0, 0.1) is 5.92 Å². The molecule has 2 amide bonds. The minimum Gasteiger partial charge on any atom is -0.410 e. The number of carbonyl (C=O) groups is 2. The summed E-state index contributed by atoms with van der Waals surface area (Å²) in [5, 5.41) is 28.9. The van der Waals surface area contributed by atoms with E-state index in [0.717, 1.165) is 32.4 Å². The average molecular weight is 508 g/mol. The lowest BCUT2D eigenvalue weighted by Crippen LogP contribution is -2.42. The van der Waals surface area contributed by atoms with E-state index in [2.05, 4.69) is 48.9 Å². The highest BCUT2D eigenvalue weighted by Gasteiger charge is 2.37. The lowest BCUT2D eigenvalue weighted by molar-refractivity contribution is -0.123. The molecule has 0 spiro atoms. The van der Waals surface area contributed by atoms with E-state index >= 15 is 0 Å². The molecule has 2 fully saturated rings. The van der Waals surface area contributed by atoms with E-state index in [-0.39, 0.29) is 41.7 Å². The highest BCUT2D eigenvalue weighted by molar-refractivity contribution is 6.40. The number of aromatic nitrogens is 2. The molecule has 2 atom stereocenters. The zero-order chi connectivity index (χ0) is 25.8. The monoisotopic (exact) mass is 507 g/mol. The number of amides is 2. The van der Waals surface area contributed by atoms with Crippen LogP contribution in [-0.2, 0) is 17.8 Å². The number of aliphatic hydroxyl groups excluding tert-OH is 1. The van der Waals surface area contributed by atoms with Gasteiger partial charge in [0, 0.05) is 57.3 Å². The molecule has 1 aromatic carbocycles. The smallest absolute Gasteiger partial charge is 0.272 e. The zero-order valence-electron chi connectivity index (χ0n) is 20.7. The first kappa shape index (κ1) is 25.1. The summed E-state index contributed by atoms with van der Waals surface area (Å²) in [6, 6.07) is 9.88. The molecule has 1 aliphatic carbocycles. The second-order valence-corrected chi connectivity index (χ2v) is 10.0. The quantitative estimate of drug-likeness (QED) is 0.223. The number of β-amino-alcohol motifs (C(OH)–C–C–N with tert-alkyl or cyclic N) is 1. The molecule has 37 heavy (non-hydrogen) atoms. The van der Waals surface area contributed by atoms with Crippen molar-refractivity contribution in [2.75, 3.05) is 38.0 Å². The van der Waals surface area contributed by atoms with E-state index in [1.807, 2.05) is 6.07 Å². The summed E-state index contributed by atoms with van der Waals surface area (Å²) in [5.74, 6) is -0.0397. The number of benzene rings is 1. The van der Waals surface area contributed by atoms with Gasteiger partial charge in [-0.15, -0.1) is 0 Å². The summed E-state index contributed by atoms with van der Waals surface area (Å²) in [5.41, 5.74) is 3.08. The first-order valence-corrected chi connectivity index (χ1v) is 12.9. The summed E-state index contributed by atoms with van der Waals surface area (Å²) in [6.45, 7) is 3.29. The predicted octanol–water partition coefficient (Wildman–Crippen LogP) is 0.879. The molecule has 5 rings (SSSR count). The Bertz CT molecular complexity index is 1170. The number of nitrogens with zero attached hydrogens (tertiary/aromatic N) is 5. The highest BCUT2D eigenvalue weighted by atomic mass is 16.4. The average Bonchev–Trinajstić information content (AvgIpc) is 3.64. The molecule has 0 radical (unpaired) electrons. The maximum Gasteiger partial charge on any atom is 0.272 e. The van der Waals surface area contributed by atoms with Crippen molar-refractivity contribution in [2.45, 2.75) is 44.4 Å². The van der Waals surface area contributed by atoms with Crippen LogP contribution in [0.3, 0.4) is 0 Å². The molecule has 0 bridgehead atoms. The first-order valence-electron chi connectivity index (χ1n) is 12.9. The molecule has 196 valence electrons. The van der Waals surface area contributed by atoms with Crippen LogP contribution < -0.4 is 10.6 Å². The van der Waals surface area contributed by atoms with Crippen LogP contribution in [0.2, 0.25) is 0 Å². The Balaban J connectivity index is 1.08. The van der Waals surface area contributed by atoms with E-state index < -0.39 is 6.10 Å². The number of aliphatic hydroxyl groups is 1. The van der Waals surface area contributed by atoms with Crippen molar-refractivity contribution >= 4 is 23.3 Å². The number of fused-ring (bicyclic) bond motifs is 1. The fourth-order valence-corrected chi connectivity index (χ4v) is 5.02. The number of hydrogen-bond acceptors (Lipinski definition) is 9. The summed E-state index contributed by atoms with van der Waals surface area (Å²) in [4.78, 5) is 37.4. The number of oxime groups is 1. The largest absolute Gasteiger partial charge is 0.410 e. The molecule has 2 aliphatic heterocycles. The third-order valence-electron chi connectivity index (χ3n) is 7.19. The van der Waals surface area contributed by atoms with Gasteiger partial charge in [0.15, 0.2) is 0 Å². The van der Waals surface area contributed by atoms with Crippen LogP contribution in [-0.4, -0.2) is 92.5 Å². The number of nitrogens with one attached hydrogen (secondary N) is 2. The molecule has 11 heteroatoms. The predicted molar refractivity (Wildman–Crippen MR) is 136 cm³/mol. The van der Waals surface area contributed by atoms with Crippen molar-refractivity contribution in [3.8, 4) is 0 Å². The fourth-order valence-electron chi connectivity index (χ4n) is 5.02. The third kappa shape index (κ3) is 6.23. The van der Waals surface area contributed by atoms with Crippen LogP contribution in [0.1, 0.15) is 40.9 Å². The van der Waals surface area contributed by atoms with E-state index in [1.54, 1.807) is 11.0 Å².